The molecular weight excluding hydrogens is 221 g/mol. The van der Waals surface area contributed by atoms with E-state index in [0.717, 1.165) is 0 Å². The third-order valence-electron chi connectivity index (χ3n) is 1.59. The molecule has 1 nitrogen and oxygen atoms in total. The van der Waals surface area contributed by atoms with Gasteiger partial charge in [-0.15, -0.1) is 6.58 Å². The lowest BCUT2D eigenvalue weighted by Crippen LogP contribution is -2.07. The molecular formula is C9H9BrFN. The second-order valence-corrected chi connectivity index (χ2v) is 3.20. The molecule has 0 radical (unpaired) electrons. The first-order valence-corrected chi connectivity index (χ1v) is 4.28. The Morgan fingerprint density at radius 1 is 1.58 bits per heavy atom. The summed E-state index contributed by atoms with van der Waals surface area (Å²) in [6, 6.07) is 4.44. The van der Waals surface area contributed by atoms with E-state index in [1.54, 1.807) is 18.2 Å². The Balaban J connectivity index is 3.15. The van der Waals surface area contributed by atoms with E-state index in [4.69, 9.17) is 5.73 Å². The fourth-order valence-electron chi connectivity index (χ4n) is 0.905. The van der Waals surface area contributed by atoms with Crippen molar-refractivity contribution in [3.63, 3.8) is 0 Å². The highest BCUT2D eigenvalue weighted by molar-refractivity contribution is 9.10. The van der Waals surface area contributed by atoms with Crippen LogP contribution in [0.4, 0.5) is 4.39 Å². The minimum absolute atomic E-state index is 0.301. The zero-order chi connectivity index (χ0) is 9.14. The summed E-state index contributed by atoms with van der Waals surface area (Å²) in [7, 11) is 0. The molecule has 0 spiro atoms. The quantitative estimate of drug-likeness (QED) is 0.776. The molecule has 0 heterocycles. The fourth-order valence-corrected chi connectivity index (χ4v) is 1.43. The second-order valence-electron chi connectivity index (χ2n) is 2.40. The van der Waals surface area contributed by atoms with Gasteiger partial charge in [-0.3, -0.25) is 0 Å². The first-order chi connectivity index (χ1) is 5.66. The summed E-state index contributed by atoms with van der Waals surface area (Å²) in [4.78, 5) is 0. The molecule has 0 aliphatic heterocycles. The van der Waals surface area contributed by atoms with Gasteiger partial charge in [0.1, 0.15) is 5.82 Å². The van der Waals surface area contributed by atoms with Crippen LogP contribution in [0.5, 0.6) is 0 Å². The van der Waals surface area contributed by atoms with E-state index in [2.05, 4.69) is 22.5 Å². The molecule has 1 rings (SSSR count). The van der Waals surface area contributed by atoms with Crippen molar-refractivity contribution in [3.05, 3.63) is 46.7 Å². The van der Waals surface area contributed by atoms with Gasteiger partial charge in [0.15, 0.2) is 0 Å². The molecule has 0 saturated carbocycles. The van der Waals surface area contributed by atoms with E-state index in [0.29, 0.717) is 10.0 Å². The summed E-state index contributed by atoms with van der Waals surface area (Å²) >= 11 is 3.12. The Kier molecular flexibility index (Phi) is 3.00. The van der Waals surface area contributed by atoms with Gasteiger partial charge in [0.05, 0.1) is 4.47 Å². The molecule has 1 atom stereocenters. The van der Waals surface area contributed by atoms with Crippen LogP contribution in [0.2, 0.25) is 0 Å². The Hall–Kier alpha value is -0.670. The summed E-state index contributed by atoms with van der Waals surface area (Å²) in [6.07, 6.45) is 1.57. The number of nitrogens with two attached hydrogens (primary N) is 1. The predicted molar refractivity (Wildman–Crippen MR) is 51.2 cm³/mol. The van der Waals surface area contributed by atoms with Gasteiger partial charge in [0.25, 0.3) is 0 Å². The molecule has 1 aromatic rings. The molecule has 0 amide bonds. The largest absolute Gasteiger partial charge is 0.321 e. The maximum Gasteiger partial charge on any atom is 0.137 e. The maximum absolute atomic E-state index is 12.9. The molecule has 0 fully saturated rings. The lowest BCUT2D eigenvalue weighted by molar-refractivity contribution is 0.616. The van der Waals surface area contributed by atoms with Crippen molar-refractivity contribution in [1.29, 1.82) is 0 Å². The van der Waals surface area contributed by atoms with Crippen molar-refractivity contribution in [2.45, 2.75) is 6.04 Å². The average molecular weight is 230 g/mol. The molecule has 12 heavy (non-hydrogen) atoms. The number of benzene rings is 1. The number of halogens is 2. The van der Waals surface area contributed by atoms with Gasteiger partial charge in [-0.25, -0.2) is 4.39 Å². The third-order valence-corrected chi connectivity index (χ3v) is 2.43. The van der Waals surface area contributed by atoms with Gasteiger partial charge in [0.2, 0.25) is 0 Å². The minimum atomic E-state index is -0.324. The summed E-state index contributed by atoms with van der Waals surface area (Å²) in [5.41, 5.74) is 6.36. The Bertz CT molecular complexity index is 299. The standard InChI is InChI=1S/C9H9BrFN/c1-2-8(12)6-4-3-5-7(11)9(6)10/h2-5,8H,1,12H2. The van der Waals surface area contributed by atoms with Crippen molar-refractivity contribution >= 4 is 15.9 Å². The molecule has 0 saturated heterocycles. The van der Waals surface area contributed by atoms with Crippen LogP contribution < -0.4 is 5.73 Å². The molecule has 1 aromatic carbocycles. The van der Waals surface area contributed by atoms with E-state index in [1.807, 2.05) is 0 Å². The van der Waals surface area contributed by atoms with Crippen LogP contribution in [0.3, 0.4) is 0 Å². The topological polar surface area (TPSA) is 26.0 Å². The molecule has 1 unspecified atom stereocenters. The monoisotopic (exact) mass is 229 g/mol. The van der Waals surface area contributed by atoms with Gasteiger partial charge in [-0.05, 0) is 27.6 Å². The van der Waals surface area contributed by atoms with Crippen LogP contribution in [0.25, 0.3) is 0 Å². The van der Waals surface area contributed by atoms with E-state index >= 15 is 0 Å². The molecule has 0 aliphatic carbocycles. The van der Waals surface area contributed by atoms with Crippen LogP contribution in [0.15, 0.2) is 35.3 Å². The Morgan fingerprint density at radius 3 is 2.83 bits per heavy atom. The first-order valence-electron chi connectivity index (χ1n) is 3.49. The van der Waals surface area contributed by atoms with Crippen molar-refractivity contribution in [1.82, 2.24) is 0 Å². The molecule has 0 aromatic heterocycles. The Labute approximate surface area is 79.2 Å². The lowest BCUT2D eigenvalue weighted by Gasteiger charge is -2.08. The van der Waals surface area contributed by atoms with E-state index in [1.165, 1.54) is 6.07 Å². The number of rotatable bonds is 2. The highest BCUT2D eigenvalue weighted by Gasteiger charge is 2.08. The molecule has 0 aliphatic rings. The summed E-state index contributed by atoms with van der Waals surface area (Å²) < 4.78 is 13.4. The van der Waals surface area contributed by atoms with Crippen LogP contribution >= 0.6 is 15.9 Å². The van der Waals surface area contributed by atoms with E-state index in [-0.39, 0.29) is 11.9 Å². The van der Waals surface area contributed by atoms with Crippen molar-refractivity contribution < 1.29 is 4.39 Å². The third kappa shape index (κ3) is 1.73. The highest BCUT2D eigenvalue weighted by Crippen LogP contribution is 2.24. The molecule has 3 heteroatoms. The summed E-state index contributed by atoms with van der Waals surface area (Å²) in [6.45, 7) is 3.54. The van der Waals surface area contributed by atoms with Gasteiger partial charge >= 0.3 is 0 Å². The summed E-state index contributed by atoms with van der Waals surface area (Å²) in [5.74, 6) is -0.301. The second kappa shape index (κ2) is 3.83. The van der Waals surface area contributed by atoms with Crippen LogP contribution in [-0.4, -0.2) is 0 Å². The van der Waals surface area contributed by atoms with Gasteiger partial charge in [-0.1, -0.05) is 18.2 Å². The van der Waals surface area contributed by atoms with E-state index < -0.39 is 0 Å². The molecule has 0 bridgehead atoms. The number of hydrogen-bond donors (Lipinski definition) is 1. The predicted octanol–water partition coefficient (Wildman–Crippen LogP) is 2.77. The van der Waals surface area contributed by atoms with Crippen molar-refractivity contribution in [2.75, 3.05) is 0 Å². The lowest BCUT2D eigenvalue weighted by atomic mass is 10.1. The fraction of sp³-hybridized carbons (Fsp3) is 0.111. The van der Waals surface area contributed by atoms with Crippen LogP contribution in [0, 0.1) is 5.82 Å². The van der Waals surface area contributed by atoms with Crippen molar-refractivity contribution in [2.24, 2.45) is 5.73 Å². The average Bonchev–Trinajstić information content (AvgIpc) is 2.08. The van der Waals surface area contributed by atoms with Gasteiger partial charge in [-0.2, -0.15) is 0 Å². The zero-order valence-corrected chi connectivity index (χ0v) is 8.01. The van der Waals surface area contributed by atoms with Crippen LogP contribution in [-0.2, 0) is 0 Å². The first kappa shape index (κ1) is 9.42. The molecule has 64 valence electrons. The van der Waals surface area contributed by atoms with Gasteiger partial charge < -0.3 is 5.73 Å². The maximum atomic E-state index is 12.9. The van der Waals surface area contributed by atoms with Crippen molar-refractivity contribution in [3.8, 4) is 0 Å². The minimum Gasteiger partial charge on any atom is -0.321 e. The smallest absolute Gasteiger partial charge is 0.137 e. The normalized spacial score (nSPS) is 12.6. The number of hydrogen-bond acceptors (Lipinski definition) is 1. The SMILES string of the molecule is C=CC(N)c1cccc(F)c1Br. The molecule has 2 N–H and O–H groups in total. The summed E-state index contributed by atoms with van der Waals surface area (Å²) in [5, 5.41) is 0. The highest BCUT2D eigenvalue weighted by atomic mass is 79.9. The van der Waals surface area contributed by atoms with Crippen LogP contribution in [0.1, 0.15) is 11.6 Å². The van der Waals surface area contributed by atoms with E-state index in [9.17, 15) is 4.39 Å². The Morgan fingerprint density at radius 2 is 2.25 bits per heavy atom. The zero-order valence-electron chi connectivity index (χ0n) is 6.43. The van der Waals surface area contributed by atoms with Gasteiger partial charge in [0, 0.05) is 6.04 Å².